The third kappa shape index (κ3) is 225. The van der Waals surface area contributed by atoms with Crippen LogP contribution in [0.3, 0.4) is 0 Å². The van der Waals surface area contributed by atoms with Gasteiger partial charge < -0.3 is 41.3 Å². The van der Waals surface area contributed by atoms with Crippen LogP contribution in [0.1, 0.15) is 2.85 Å². The van der Waals surface area contributed by atoms with Crippen molar-refractivity contribution in [3.05, 3.63) is 0 Å². The zero-order valence-electron chi connectivity index (χ0n) is 8.99. The molecule has 0 saturated carbocycles. The van der Waals surface area contributed by atoms with Crippen molar-refractivity contribution in [2.75, 3.05) is 0 Å². The van der Waals surface area contributed by atoms with Gasteiger partial charge in [-0.05, 0) is 0 Å². The molecule has 68 valence electrons. The minimum atomic E-state index is -5.39. The molecule has 0 atom stereocenters. The van der Waals surface area contributed by atoms with Gasteiger partial charge in [0, 0.05) is 0 Å². The zero-order chi connectivity index (χ0) is 9.00. The first-order valence-electron chi connectivity index (χ1n) is 1.46. The fourth-order valence-corrected chi connectivity index (χ4v) is 0. The number of rotatable bonds is 0. The van der Waals surface area contributed by atoms with E-state index in [0.29, 0.717) is 0 Å². The van der Waals surface area contributed by atoms with Crippen molar-refractivity contribution in [1.82, 2.24) is 0 Å². The maximum Gasteiger partial charge on any atom is 2.00 e. The first-order valence-corrected chi connectivity index (χ1v) is 4.38. The van der Waals surface area contributed by atoms with Crippen LogP contribution in [0, 0.1) is 0 Å². The van der Waals surface area contributed by atoms with Gasteiger partial charge in [0.15, 0.2) is 0 Å². The summed E-state index contributed by atoms with van der Waals surface area (Å²) < 4.78 is 17.1. The molecule has 0 radical (unpaired) electrons. The molecule has 14 heavy (non-hydrogen) atoms. The maximum atomic E-state index is 8.55. The molecule has 0 rings (SSSR count). The third-order valence-corrected chi connectivity index (χ3v) is 0. The zero-order valence-corrected chi connectivity index (χ0v) is 16.5. The van der Waals surface area contributed by atoms with E-state index >= 15 is 0 Å². The van der Waals surface area contributed by atoms with Crippen molar-refractivity contribution in [3.63, 3.8) is 0 Å². The van der Waals surface area contributed by atoms with E-state index in [-0.39, 0.29) is 117 Å². The Labute approximate surface area is 168 Å². The summed E-state index contributed by atoms with van der Waals surface area (Å²) >= 11 is 0. The predicted molar refractivity (Wildman–Crippen MR) is 40.5 cm³/mol. The van der Waals surface area contributed by atoms with Crippen LogP contribution in [0.5, 0.6) is 0 Å². The Hall–Kier alpha value is 4.00. The van der Waals surface area contributed by atoms with Crippen LogP contribution < -0.4 is 29.4 Å². The van der Waals surface area contributed by atoms with Crippen LogP contribution >= 0.6 is 15.6 Å². The van der Waals surface area contributed by atoms with E-state index in [2.05, 4.69) is 0 Å². The van der Waals surface area contributed by atoms with Crippen LogP contribution in [0.2, 0.25) is 0 Å². The van der Waals surface area contributed by atoms with Crippen LogP contribution in [0.25, 0.3) is 0 Å². The molecule has 0 aromatic rings. The molecule has 0 N–H and O–H groups in total. The Bertz CT molecular complexity index is 144. The molecule has 0 amide bonds. The van der Waals surface area contributed by atoms with Crippen LogP contribution in [0.4, 0.5) is 0 Å². The van der Waals surface area contributed by atoms with Crippen LogP contribution in [0.15, 0.2) is 0 Å². The second-order valence-corrected chi connectivity index (χ2v) is 2.68. The summed E-state index contributed by atoms with van der Waals surface area (Å²) in [5, 5.41) is 0. The van der Waals surface area contributed by atoms with Crippen LogP contribution in [-0.4, -0.2) is 115 Å². The Kier molecular flexibility index (Phi) is 43.9. The minimum Gasteiger partial charge on any atom is -1.00 e. The SMILES string of the molecule is O=P([O-])([O-])[O-].O=P([O-])([O-])[O-].[H-].[H-].[Mg+2].[Mg+2].[Mg+2].[Sr+2]. The van der Waals surface area contributed by atoms with E-state index in [9.17, 15) is 0 Å². The number of hydrogen-bond acceptors (Lipinski definition) is 8. The fourth-order valence-electron chi connectivity index (χ4n) is 0. The molecule has 0 aliphatic heterocycles. The van der Waals surface area contributed by atoms with Crippen molar-refractivity contribution in [2.24, 2.45) is 0 Å². The van der Waals surface area contributed by atoms with Crippen molar-refractivity contribution in [3.8, 4) is 0 Å². The molecule has 0 spiro atoms. The third-order valence-electron chi connectivity index (χ3n) is 0. The summed E-state index contributed by atoms with van der Waals surface area (Å²) in [6.45, 7) is 0. The first-order chi connectivity index (χ1) is 4.00. The van der Waals surface area contributed by atoms with Gasteiger partial charge in [-0.1, -0.05) is 0 Å². The average Bonchev–Trinajstić information content (AvgIpc) is 1.12. The molecule has 0 aliphatic carbocycles. The van der Waals surface area contributed by atoms with Crippen LogP contribution in [-0.2, 0) is 9.13 Å². The molecule has 0 aliphatic rings. The topological polar surface area (TPSA) is 172 Å². The number of hydrogen-bond donors (Lipinski definition) is 0. The van der Waals surface area contributed by atoms with E-state index in [1.54, 1.807) is 0 Å². The summed E-state index contributed by atoms with van der Waals surface area (Å²) in [6.07, 6.45) is 0. The van der Waals surface area contributed by atoms with Crippen molar-refractivity contribution < 1.29 is 41.3 Å². The predicted octanol–water partition coefficient (Wildman–Crippen LogP) is -6.95. The Balaban J connectivity index is -0.00000000970. The normalized spacial score (nSPS) is 8.43. The molecule has 0 aromatic heterocycles. The van der Waals surface area contributed by atoms with Crippen molar-refractivity contribution >= 4 is 130 Å². The van der Waals surface area contributed by atoms with Gasteiger partial charge in [-0.15, -0.1) is 0 Å². The molecule has 14 heteroatoms. The minimum absolute atomic E-state index is 0. The van der Waals surface area contributed by atoms with E-state index in [1.807, 2.05) is 0 Å². The van der Waals surface area contributed by atoms with E-state index in [0.717, 1.165) is 0 Å². The van der Waals surface area contributed by atoms with Crippen molar-refractivity contribution in [1.29, 1.82) is 0 Å². The molecule has 0 heterocycles. The quantitative estimate of drug-likeness (QED) is 0.305. The molecule has 0 saturated heterocycles. The fraction of sp³-hybridized carbons (Fsp3) is 0. The Morgan fingerprint density at radius 2 is 0.643 bits per heavy atom. The molecule has 8 nitrogen and oxygen atoms in total. The van der Waals surface area contributed by atoms with Gasteiger partial charge in [-0.3, -0.25) is 0 Å². The van der Waals surface area contributed by atoms with Gasteiger partial charge in [-0.25, -0.2) is 0 Å². The Morgan fingerprint density at radius 3 is 0.643 bits per heavy atom. The Morgan fingerprint density at radius 1 is 0.643 bits per heavy atom. The van der Waals surface area contributed by atoms with Crippen molar-refractivity contribution in [2.45, 2.75) is 0 Å². The molecule has 0 unspecified atom stereocenters. The standard InChI is InChI=1S/3Mg.2H3O4P.Sr.2H/c;;;2*1-5(2,3)4;;;/h;;;2*(H3,1,2,3,4);;;/q3*+2;;;+2;2*-1/p-6. The molecule has 0 fully saturated rings. The average molecular weight is 352 g/mol. The number of phosphoric acid groups is 2. The van der Waals surface area contributed by atoms with Gasteiger partial charge >= 0.3 is 115 Å². The summed E-state index contributed by atoms with van der Waals surface area (Å²) in [7, 11) is -10.8. The van der Waals surface area contributed by atoms with Gasteiger partial charge in [0.25, 0.3) is 0 Å². The largest absolute Gasteiger partial charge is 2.00 e. The molecular weight excluding hydrogens is 350 g/mol. The monoisotopic (exact) mass is 352 g/mol. The van der Waals surface area contributed by atoms with E-state index < -0.39 is 15.6 Å². The van der Waals surface area contributed by atoms with E-state index in [1.165, 1.54) is 0 Å². The van der Waals surface area contributed by atoms with Gasteiger partial charge in [0.05, 0.1) is 0 Å². The molecule has 0 bridgehead atoms. The summed E-state index contributed by atoms with van der Waals surface area (Å²) in [5.74, 6) is 0. The van der Waals surface area contributed by atoms with Gasteiger partial charge in [0.2, 0.25) is 0 Å². The first kappa shape index (κ1) is 36.1. The smallest absolute Gasteiger partial charge is 1.00 e. The summed E-state index contributed by atoms with van der Waals surface area (Å²) in [5.41, 5.74) is 0. The second kappa shape index (κ2) is 17.0. The second-order valence-electron chi connectivity index (χ2n) is 0.894. The van der Waals surface area contributed by atoms with E-state index in [4.69, 9.17) is 38.5 Å². The van der Waals surface area contributed by atoms with Gasteiger partial charge in [0.1, 0.15) is 0 Å². The molecule has 0 aromatic carbocycles. The summed E-state index contributed by atoms with van der Waals surface area (Å²) in [6, 6.07) is 0. The maximum absolute atomic E-state index is 8.55. The molecular formula is H2Mg3O8P2Sr. The summed E-state index contributed by atoms with van der Waals surface area (Å²) in [4.78, 5) is 51.3. The van der Waals surface area contributed by atoms with Gasteiger partial charge in [-0.2, -0.15) is 15.6 Å².